The van der Waals surface area contributed by atoms with Crippen molar-refractivity contribution in [2.45, 2.75) is 25.8 Å². The van der Waals surface area contributed by atoms with Crippen LogP contribution in [0.5, 0.6) is 5.75 Å². The number of fused-ring (bicyclic) bond motifs is 1. The van der Waals surface area contributed by atoms with Gasteiger partial charge in [-0.25, -0.2) is 4.98 Å². The number of aromatic nitrogens is 2. The van der Waals surface area contributed by atoms with Crippen LogP contribution in [0.15, 0.2) is 81.7 Å². The molecule has 0 spiro atoms. The Morgan fingerprint density at radius 3 is 2.50 bits per heavy atom. The fourth-order valence-corrected chi connectivity index (χ4v) is 5.25. The summed E-state index contributed by atoms with van der Waals surface area (Å²) in [6, 6.07) is 22.4. The minimum absolute atomic E-state index is 0.501. The van der Waals surface area contributed by atoms with Gasteiger partial charge in [0, 0.05) is 54.5 Å². The van der Waals surface area contributed by atoms with Crippen molar-refractivity contribution in [3.05, 3.63) is 88.6 Å². The molecule has 2 atom stereocenters. The summed E-state index contributed by atoms with van der Waals surface area (Å²) in [6.07, 6.45) is -1.20. The van der Waals surface area contributed by atoms with Crippen LogP contribution in [0.25, 0.3) is 33.8 Å². The molecule has 40 heavy (non-hydrogen) atoms. The van der Waals surface area contributed by atoms with Gasteiger partial charge in [-0.15, -0.1) is 0 Å². The monoisotopic (exact) mass is 578 g/mol. The normalized spacial score (nSPS) is 16.3. The highest BCUT2D eigenvalue weighted by Crippen LogP contribution is 2.30. The number of hydrogen-bond donors (Lipinski definition) is 1. The molecule has 3 heterocycles. The lowest BCUT2D eigenvalue weighted by molar-refractivity contribution is -0.0756. The highest BCUT2D eigenvalue weighted by atomic mass is 35.5. The molecule has 1 aliphatic rings. The molecule has 5 aromatic rings. The number of ether oxygens (including phenoxy) is 1. The van der Waals surface area contributed by atoms with Crippen molar-refractivity contribution >= 4 is 34.3 Å². The molecule has 0 saturated carbocycles. The van der Waals surface area contributed by atoms with Crippen LogP contribution in [0.4, 0.5) is 0 Å². The third-order valence-electron chi connectivity index (χ3n) is 6.97. The minimum atomic E-state index is -0.698. The van der Waals surface area contributed by atoms with E-state index in [1.54, 1.807) is 19.1 Å². The molecule has 1 unspecified atom stereocenters. The molecule has 1 saturated heterocycles. The predicted molar refractivity (Wildman–Crippen MR) is 154 cm³/mol. The fraction of sp³-hybridized carbons (Fsp3) is 0.267. The lowest BCUT2D eigenvalue weighted by atomic mass is 10.1. The van der Waals surface area contributed by atoms with E-state index in [4.69, 9.17) is 36.9 Å². The molecule has 1 fully saturated rings. The quantitative estimate of drug-likeness (QED) is 0.227. The Labute approximate surface area is 241 Å². The van der Waals surface area contributed by atoms with E-state index in [1.165, 1.54) is 0 Å². The molecule has 0 amide bonds. The third-order valence-corrected chi connectivity index (χ3v) is 7.56. The number of benzene rings is 3. The second kappa shape index (κ2) is 11.6. The van der Waals surface area contributed by atoms with Crippen LogP contribution in [-0.4, -0.2) is 63.6 Å². The molecular weight excluding hydrogens is 551 g/mol. The van der Waals surface area contributed by atoms with Gasteiger partial charge in [-0.2, -0.15) is 0 Å². The topological polar surface area (TPSA) is 88.0 Å². The van der Waals surface area contributed by atoms with Crippen LogP contribution >= 0.6 is 23.2 Å². The molecule has 0 radical (unpaired) electrons. The van der Waals surface area contributed by atoms with E-state index in [0.29, 0.717) is 39.3 Å². The van der Waals surface area contributed by atoms with Crippen molar-refractivity contribution in [2.24, 2.45) is 0 Å². The van der Waals surface area contributed by atoms with Crippen LogP contribution in [-0.2, 0) is 6.54 Å². The zero-order valence-corrected chi connectivity index (χ0v) is 23.3. The Kier molecular flexibility index (Phi) is 7.78. The molecular formula is C30H28Cl2N4O4. The molecule has 1 aliphatic heterocycles. The molecule has 8 nitrogen and oxygen atoms in total. The lowest BCUT2D eigenvalue weighted by Gasteiger charge is -2.39. The Morgan fingerprint density at radius 2 is 1.75 bits per heavy atom. The van der Waals surface area contributed by atoms with E-state index in [-0.39, 0.29) is 0 Å². The standard InChI is InChI=1S/C30H28Cl2N4O4/c1-19(37)30(38-22-10-11-28-27(16-22)33-29(39-28)20-6-8-21(31)9-7-20)36-14-12-35(13-15-36)18-23-17-26(34-40-23)24-4-2-3-5-25(24)32/h2-11,16-17,19,30,37H,12-15,18H2,1H3/t19-,30?/m0/s1. The number of aliphatic hydroxyl groups excluding tert-OH is 1. The predicted octanol–water partition coefficient (Wildman–Crippen LogP) is 6.36. The first kappa shape index (κ1) is 26.8. The van der Waals surface area contributed by atoms with Gasteiger partial charge in [0.05, 0.1) is 11.6 Å². The summed E-state index contributed by atoms with van der Waals surface area (Å²) < 4.78 is 17.8. The fourth-order valence-electron chi connectivity index (χ4n) is 4.89. The van der Waals surface area contributed by atoms with E-state index < -0.39 is 12.3 Å². The number of oxazole rings is 1. The highest BCUT2D eigenvalue weighted by molar-refractivity contribution is 6.33. The maximum absolute atomic E-state index is 10.6. The van der Waals surface area contributed by atoms with Gasteiger partial charge in [0.15, 0.2) is 17.6 Å². The average molecular weight is 579 g/mol. The maximum Gasteiger partial charge on any atom is 0.227 e. The number of nitrogens with zero attached hydrogens (tertiary/aromatic N) is 4. The second-order valence-electron chi connectivity index (χ2n) is 9.87. The molecule has 0 bridgehead atoms. The van der Waals surface area contributed by atoms with E-state index in [2.05, 4.69) is 19.9 Å². The molecule has 2 aromatic heterocycles. The van der Waals surface area contributed by atoms with Gasteiger partial charge in [-0.3, -0.25) is 9.80 Å². The molecule has 3 aromatic carbocycles. The summed E-state index contributed by atoms with van der Waals surface area (Å²) in [5, 5.41) is 16.1. The van der Waals surface area contributed by atoms with E-state index in [9.17, 15) is 5.11 Å². The number of halogens is 2. The summed E-state index contributed by atoms with van der Waals surface area (Å²) in [5.41, 5.74) is 3.76. The average Bonchev–Trinajstić information content (AvgIpc) is 3.60. The summed E-state index contributed by atoms with van der Waals surface area (Å²) in [5.74, 6) is 1.91. The van der Waals surface area contributed by atoms with E-state index in [1.807, 2.05) is 60.7 Å². The number of aliphatic hydroxyl groups is 1. The first-order valence-electron chi connectivity index (χ1n) is 13.1. The Morgan fingerprint density at radius 1 is 0.975 bits per heavy atom. The Balaban J connectivity index is 1.09. The molecule has 10 heteroatoms. The first-order chi connectivity index (χ1) is 19.4. The SMILES string of the molecule is C[C@H](O)C(Oc1ccc2oc(-c3ccc(Cl)cc3)nc2c1)N1CCN(Cc2cc(-c3ccccc3Cl)no2)CC1. The second-order valence-corrected chi connectivity index (χ2v) is 10.7. The van der Waals surface area contributed by atoms with E-state index >= 15 is 0 Å². The van der Waals surface area contributed by atoms with Gasteiger partial charge in [-0.1, -0.05) is 46.6 Å². The van der Waals surface area contributed by atoms with Crippen molar-refractivity contribution in [1.29, 1.82) is 0 Å². The van der Waals surface area contributed by atoms with Crippen molar-refractivity contribution in [3.63, 3.8) is 0 Å². The summed E-state index contributed by atoms with van der Waals surface area (Å²) in [6.45, 7) is 5.43. The highest BCUT2D eigenvalue weighted by Gasteiger charge is 2.29. The van der Waals surface area contributed by atoms with Crippen LogP contribution in [0.2, 0.25) is 10.0 Å². The van der Waals surface area contributed by atoms with Crippen molar-refractivity contribution < 1.29 is 18.8 Å². The molecule has 6 rings (SSSR count). The van der Waals surface area contributed by atoms with Gasteiger partial charge in [-0.05, 0) is 49.4 Å². The summed E-state index contributed by atoms with van der Waals surface area (Å²) >= 11 is 12.3. The molecule has 1 N–H and O–H groups in total. The summed E-state index contributed by atoms with van der Waals surface area (Å²) in [7, 11) is 0. The summed E-state index contributed by atoms with van der Waals surface area (Å²) in [4.78, 5) is 9.07. The minimum Gasteiger partial charge on any atom is -0.472 e. The Bertz CT molecular complexity index is 1590. The zero-order chi connectivity index (χ0) is 27.6. The van der Waals surface area contributed by atoms with Gasteiger partial charge < -0.3 is 18.8 Å². The number of hydrogen-bond acceptors (Lipinski definition) is 8. The zero-order valence-electron chi connectivity index (χ0n) is 21.8. The van der Waals surface area contributed by atoms with Gasteiger partial charge >= 0.3 is 0 Å². The van der Waals surface area contributed by atoms with Crippen molar-refractivity contribution in [3.8, 4) is 28.5 Å². The van der Waals surface area contributed by atoms with Gasteiger partial charge in [0.2, 0.25) is 5.89 Å². The van der Waals surface area contributed by atoms with Crippen molar-refractivity contribution in [2.75, 3.05) is 26.2 Å². The number of piperazine rings is 1. The number of rotatable bonds is 8. The third kappa shape index (κ3) is 5.87. The van der Waals surface area contributed by atoms with Crippen LogP contribution < -0.4 is 4.74 Å². The smallest absolute Gasteiger partial charge is 0.227 e. The van der Waals surface area contributed by atoms with Crippen LogP contribution in [0.3, 0.4) is 0 Å². The van der Waals surface area contributed by atoms with Crippen LogP contribution in [0.1, 0.15) is 12.7 Å². The maximum atomic E-state index is 10.6. The van der Waals surface area contributed by atoms with Crippen molar-refractivity contribution in [1.82, 2.24) is 19.9 Å². The first-order valence-corrected chi connectivity index (χ1v) is 13.9. The van der Waals surface area contributed by atoms with Gasteiger partial charge in [0.25, 0.3) is 0 Å². The van der Waals surface area contributed by atoms with Gasteiger partial charge in [0.1, 0.15) is 23.1 Å². The van der Waals surface area contributed by atoms with Crippen LogP contribution in [0, 0.1) is 0 Å². The Hall–Kier alpha value is -3.40. The largest absolute Gasteiger partial charge is 0.472 e. The lowest BCUT2D eigenvalue weighted by Crippen LogP contribution is -2.55. The molecule has 206 valence electrons. The molecule has 0 aliphatic carbocycles. The van der Waals surface area contributed by atoms with E-state index in [0.717, 1.165) is 48.8 Å².